The highest BCUT2D eigenvalue weighted by atomic mass is 15.3. The van der Waals surface area contributed by atoms with Crippen molar-refractivity contribution >= 4 is 17.5 Å². The number of anilines is 1. The Morgan fingerprint density at radius 2 is 1.44 bits per heavy atom. The van der Waals surface area contributed by atoms with Gasteiger partial charge in [0.25, 0.3) is 0 Å². The van der Waals surface area contributed by atoms with Gasteiger partial charge in [0.15, 0.2) is 0 Å². The first-order valence-electron chi connectivity index (χ1n) is 11.3. The van der Waals surface area contributed by atoms with Gasteiger partial charge in [0.2, 0.25) is 5.96 Å². The summed E-state index contributed by atoms with van der Waals surface area (Å²) < 4.78 is 1.63. The summed E-state index contributed by atoms with van der Waals surface area (Å²) in [7, 11) is 0. The van der Waals surface area contributed by atoms with Crippen LogP contribution in [0.1, 0.15) is 70.7 Å². The molecule has 0 aliphatic heterocycles. The Balaban J connectivity index is 0.00000121. The van der Waals surface area contributed by atoms with Crippen LogP contribution in [0.5, 0.6) is 0 Å². The molecule has 0 fully saturated rings. The third-order valence-electron chi connectivity index (χ3n) is 4.84. The van der Waals surface area contributed by atoms with Crippen LogP contribution in [0.25, 0.3) is 0 Å². The molecule has 1 aromatic heterocycles. The van der Waals surface area contributed by atoms with Crippen LogP contribution in [0.3, 0.4) is 0 Å². The summed E-state index contributed by atoms with van der Waals surface area (Å²) >= 11 is 0. The molecular weight excluding hydrogens is 394 g/mol. The van der Waals surface area contributed by atoms with Crippen molar-refractivity contribution in [2.24, 2.45) is 0 Å². The topological polar surface area (TPSA) is 68.8 Å². The predicted molar refractivity (Wildman–Crippen MR) is 138 cm³/mol. The van der Waals surface area contributed by atoms with E-state index < -0.39 is 0 Å². The van der Waals surface area contributed by atoms with Crippen LogP contribution >= 0.6 is 0 Å². The molecule has 1 heterocycles. The van der Waals surface area contributed by atoms with Gasteiger partial charge in [-0.15, -0.1) is 0 Å². The van der Waals surface area contributed by atoms with Crippen LogP contribution in [0, 0.1) is 24.7 Å². The van der Waals surface area contributed by atoms with Gasteiger partial charge in [0, 0.05) is 18.0 Å². The smallest absolute Gasteiger partial charge is 0.213 e. The van der Waals surface area contributed by atoms with Crippen LogP contribution < -0.4 is 4.90 Å². The number of amidine groups is 1. The molecule has 0 aliphatic carbocycles. The monoisotopic (exact) mass is 433 g/mol. The summed E-state index contributed by atoms with van der Waals surface area (Å²) in [5.74, 6) is 0.449. The Morgan fingerprint density at radius 1 is 0.875 bits per heavy atom. The predicted octanol–water partition coefficient (Wildman–Crippen LogP) is 7.16. The van der Waals surface area contributed by atoms with Crippen molar-refractivity contribution in [2.45, 2.75) is 67.7 Å². The van der Waals surface area contributed by atoms with E-state index in [1.54, 1.807) is 28.2 Å². The second-order valence-corrected chi connectivity index (χ2v) is 8.01. The molecule has 5 nitrogen and oxygen atoms in total. The summed E-state index contributed by atoms with van der Waals surface area (Å²) in [6, 6.07) is 14.0. The zero-order valence-corrected chi connectivity index (χ0v) is 21.1. The number of hydrogen-bond acceptors (Lipinski definition) is 3. The molecule has 3 rings (SSSR count). The fraction of sp³-hybridized carbons (Fsp3) is 0.370. The molecule has 0 unspecified atom stereocenters. The maximum atomic E-state index is 9.12. The number of nitrogens with zero attached hydrogens (tertiary/aromatic N) is 3. The Kier molecular flexibility index (Phi) is 10.0. The van der Waals surface area contributed by atoms with Crippen LogP contribution in [-0.2, 0) is 5.41 Å². The minimum Gasteiger partial charge on any atom is -0.283 e. The fourth-order valence-corrected chi connectivity index (χ4v) is 3.45. The van der Waals surface area contributed by atoms with Crippen LogP contribution in [-0.4, -0.2) is 21.3 Å². The quantitative estimate of drug-likeness (QED) is 0.332. The summed E-state index contributed by atoms with van der Waals surface area (Å²) in [5, 5.41) is 18.0. The molecule has 5 heteroatoms. The minimum absolute atomic E-state index is 0.119. The normalized spacial score (nSPS) is 10.3. The van der Waals surface area contributed by atoms with Crippen molar-refractivity contribution in [1.82, 2.24) is 9.55 Å². The number of aryl methyl sites for hydroxylation is 2. The van der Waals surface area contributed by atoms with Crippen molar-refractivity contribution in [3.63, 3.8) is 0 Å². The number of rotatable bonds is 2. The largest absolute Gasteiger partial charge is 0.283 e. The van der Waals surface area contributed by atoms with E-state index in [0.29, 0.717) is 0 Å². The average molecular weight is 434 g/mol. The zero-order valence-electron chi connectivity index (χ0n) is 21.1. The van der Waals surface area contributed by atoms with Gasteiger partial charge >= 0.3 is 0 Å². The van der Waals surface area contributed by atoms with E-state index in [2.05, 4.69) is 31.8 Å². The lowest BCUT2D eigenvalue weighted by atomic mass is 9.83. The van der Waals surface area contributed by atoms with Crippen LogP contribution in [0.2, 0.25) is 0 Å². The van der Waals surface area contributed by atoms with E-state index >= 15 is 0 Å². The van der Waals surface area contributed by atoms with Crippen LogP contribution in [0.4, 0.5) is 5.69 Å². The maximum Gasteiger partial charge on any atom is 0.213 e. The molecule has 0 radical (unpaired) electrons. The molecule has 2 aromatic carbocycles. The molecule has 2 N–H and O–H groups in total. The van der Waals surface area contributed by atoms with Crippen LogP contribution in [0.15, 0.2) is 61.2 Å². The van der Waals surface area contributed by atoms with Crippen molar-refractivity contribution in [3.8, 4) is 0 Å². The summed E-state index contributed by atoms with van der Waals surface area (Å²) in [4.78, 5) is 5.78. The number of nitrogens with one attached hydrogen (secondary N) is 2. The van der Waals surface area contributed by atoms with E-state index in [0.717, 1.165) is 27.9 Å². The van der Waals surface area contributed by atoms with E-state index in [-0.39, 0.29) is 17.2 Å². The first-order chi connectivity index (χ1) is 15.2. The van der Waals surface area contributed by atoms with Crippen molar-refractivity contribution in [1.29, 1.82) is 10.8 Å². The van der Waals surface area contributed by atoms with E-state index in [4.69, 9.17) is 10.8 Å². The highest BCUT2D eigenvalue weighted by molar-refractivity contribution is 6.24. The van der Waals surface area contributed by atoms with Gasteiger partial charge in [0.05, 0.1) is 5.69 Å². The van der Waals surface area contributed by atoms with Crippen molar-refractivity contribution in [3.05, 3.63) is 83.4 Å². The third kappa shape index (κ3) is 5.94. The lowest BCUT2D eigenvalue weighted by molar-refractivity contribution is 0.589. The summed E-state index contributed by atoms with van der Waals surface area (Å²) in [6.07, 6.45) is 4.96. The molecule has 32 heavy (non-hydrogen) atoms. The van der Waals surface area contributed by atoms with Gasteiger partial charge in [-0.2, -0.15) is 0 Å². The Morgan fingerprint density at radius 3 is 1.94 bits per heavy atom. The van der Waals surface area contributed by atoms with E-state index in [1.165, 1.54) is 0 Å². The van der Waals surface area contributed by atoms with Gasteiger partial charge in [-0.25, -0.2) is 4.98 Å². The van der Waals surface area contributed by atoms with Gasteiger partial charge in [0.1, 0.15) is 12.2 Å². The molecule has 0 atom stereocenters. The third-order valence-corrected chi connectivity index (χ3v) is 4.84. The van der Waals surface area contributed by atoms with Crippen molar-refractivity contribution in [2.75, 3.05) is 4.90 Å². The average Bonchev–Trinajstić information content (AvgIpc) is 3.33. The highest BCUT2D eigenvalue weighted by Gasteiger charge is 2.27. The van der Waals surface area contributed by atoms with Gasteiger partial charge < -0.3 is 0 Å². The second-order valence-electron chi connectivity index (χ2n) is 8.01. The molecule has 0 bridgehead atoms. The molecule has 0 amide bonds. The van der Waals surface area contributed by atoms with Gasteiger partial charge in [-0.1, -0.05) is 90.9 Å². The molecule has 3 aromatic rings. The molecule has 0 aliphatic rings. The standard InChI is InChI=1S/C23H27N5.2C2H6/c1-16-9-8-10-17(2)20(16)28(22(25)27-14-13-26-15-27)21(24)18-11-6-7-12-19(18)23(3,4)5;2*1-2/h6-15,24-25H,1-5H3;2*1-2H3. The highest BCUT2D eigenvalue weighted by Crippen LogP contribution is 2.31. The number of hydrogen-bond donors (Lipinski definition) is 2. The molecule has 0 saturated heterocycles. The summed E-state index contributed by atoms with van der Waals surface area (Å²) in [6.45, 7) is 18.5. The zero-order chi connectivity index (χ0) is 24.5. The van der Waals surface area contributed by atoms with Gasteiger partial charge in [-0.3, -0.25) is 20.3 Å². The molecular formula is C27H39N5. The summed E-state index contributed by atoms with van der Waals surface area (Å²) in [5.41, 5.74) is 4.67. The second kappa shape index (κ2) is 12.0. The molecule has 0 spiro atoms. The number of para-hydroxylation sites is 1. The Hall–Kier alpha value is -3.21. The Bertz CT molecular complexity index is 991. The number of aromatic nitrogens is 2. The van der Waals surface area contributed by atoms with Crippen molar-refractivity contribution < 1.29 is 0 Å². The first-order valence-corrected chi connectivity index (χ1v) is 11.3. The lowest BCUT2D eigenvalue weighted by Gasteiger charge is -2.31. The lowest BCUT2D eigenvalue weighted by Crippen LogP contribution is -2.42. The molecule has 172 valence electrons. The number of benzene rings is 2. The minimum atomic E-state index is -0.119. The SMILES string of the molecule is CC.CC.Cc1cccc(C)c1N(C(=N)c1ccccc1C(C)(C)C)C(=N)n1ccnc1. The number of imidazole rings is 1. The van der Waals surface area contributed by atoms with Gasteiger partial charge in [-0.05, 0) is 36.0 Å². The molecule has 0 saturated carbocycles. The Labute approximate surface area is 194 Å². The van der Waals surface area contributed by atoms with E-state index in [9.17, 15) is 0 Å². The first kappa shape index (κ1) is 26.8. The maximum absolute atomic E-state index is 9.12. The fourth-order valence-electron chi connectivity index (χ4n) is 3.45. The van der Waals surface area contributed by atoms with E-state index in [1.807, 2.05) is 77.9 Å².